The van der Waals surface area contributed by atoms with E-state index in [-0.39, 0.29) is 34.8 Å². The van der Waals surface area contributed by atoms with Crippen LogP contribution in [0.5, 0.6) is 0 Å². The summed E-state index contributed by atoms with van der Waals surface area (Å²) in [6, 6.07) is 5.25. The number of amides is 2. The lowest BCUT2D eigenvalue weighted by Crippen LogP contribution is -2.47. The minimum atomic E-state index is -4.59. The normalized spacial score (nSPS) is 24.6. The number of benzene rings is 1. The molecule has 1 atom stereocenters. The van der Waals surface area contributed by atoms with Gasteiger partial charge in [-0.3, -0.25) is 9.59 Å². The quantitative estimate of drug-likeness (QED) is 0.747. The van der Waals surface area contributed by atoms with Crippen LogP contribution in [0.4, 0.5) is 18.9 Å². The molecule has 0 aromatic heterocycles. The average Bonchev–Trinajstić information content (AvgIpc) is 3.72. The minimum Gasteiger partial charge on any atom is -0.371 e. The number of hydrogen-bond donors (Lipinski definition) is 1. The van der Waals surface area contributed by atoms with Gasteiger partial charge in [-0.05, 0) is 68.6 Å². The molecular weight excluding hydrogens is 433 g/mol. The number of anilines is 1. The van der Waals surface area contributed by atoms with Gasteiger partial charge in [0.05, 0.1) is 17.2 Å². The van der Waals surface area contributed by atoms with Crippen molar-refractivity contribution in [2.75, 3.05) is 24.5 Å². The van der Waals surface area contributed by atoms with Crippen molar-refractivity contribution in [3.05, 3.63) is 29.3 Å². The molecule has 0 radical (unpaired) electrons. The molecule has 2 amide bonds. The van der Waals surface area contributed by atoms with E-state index in [1.807, 2.05) is 4.90 Å². The Balaban J connectivity index is 1.31. The molecule has 4 fully saturated rings. The number of carbonyl (C=O) groups is 2. The van der Waals surface area contributed by atoms with Gasteiger partial charge in [-0.2, -0.15) is 18.4 Å². The predicted octanol–water partition coefficient (Wildman–Crippen LogP) is 3.45. The van der Waals surface area contributed by atoms with Crippen LogP contribution in [0.1, 0.15) is 56.1 Å². The Labute approximate surface area is 190 Å². The summed E-state index contributed by atoms with van der Waals surface area (Å²) in [6.07, 6.45) is 1.17. The lowest BCUT2D eigenvalue weighted by molar-refractivity contribution is -0.139. The molecule has 1 aromatic rings. The van der Waals surface area contributed by atoms with Crippen molar-refractivity contribution in [3.63, 3.8) is 0 Å². The lowest BCUT2D eigenvalue weighted by atomic mass is 9.76. The highest BCUT2D eigenvalue weighted by atomic mass is 19.4. The summed E-state index contributed by atoms with van der Waals surface area (Å²) in [6.45, 7) is 1.64. The van der Waals surface area contributed by atoms with E-state index in [1.165, 1.54) is 6.07 Å². The number of hydrogen-bond acceptors (Lipinski definition) is 4. The first-order valence-corrected chi connectivity index (χ1v) is 11.7. The third-order valence-corrected chi connectivity index (χ3v) is 7.56. The topological polar surface area (TPSA) is 76.4 Å². The van der Waals surface area contributed by atoms with Crippen LogP contribution in [0.25, 0.3) is 0 Å². The van der Waals surface area contributed by atoms with Gasteiger partial charge < -0.3 is 15.1 Å². The minimum absolute atomic E-state index is 0.0379. The Morgan fingerprint density at radius 1 is 1.12 bits per heavy atom. The van der Waals surface area contributed by atoms with Gasteiger partial charge in [0.15, 0.2) is 0 Å². The number of halogens is 3. The number of likely N-dealkylation sites (tertiary alicyclic amines) is 1. The smallest absolute Gasteiger partial charge is 0.371 e. The molecular formula is C24H27F3N4O2. The summed E-state index contributed by atoms with van der Waals surface area (Å²) in [4.78, 5) is 29.5. The first-order chi connectivity index (χ1) is 15.7. The number of rotatable bonds is 4. The summed E-state index contributed by atoms with van der Waals surface area (Å²) in [7, 11) is 0. The standard InChI is InChI=1S/C24H27F3N4O2/c25-24(26,27)19-11-18(6-3-16(19)13-28)30-9-7-23(8-10-30)12-20(21(32)29-17-4-5-17)31(14-23)22(33)15-1-2-15/h3,6,11,15,17,20H,1-2,4-5,7-10,12,14H2,(H,29,32). The molecule has 1 unspecified atom stereocenters. The largest absolute Gasteiger partial charge is 0.417 e. The highest BCUT2D eigenvalue weighted by molar-refractivity contribution is 5.90. The maximum atomic E-state index is 13.4. The summed E-state index contributed by atoms with van der Waals surface area (Å²) >= 11 is 0. The van der Waals surface area contributed by atoms with Crippen LogP contribution in [0.3, 0.4) is 0 Å². The number of nitrogens with one attached hydrogen (secondary N) is 1. The van der Waals surface area contributed by atoms with Gasteiger partial charge in [-0.15, -0.1) is 0 Å². The van der Waals surface area contributed by atoms with E-state index in [0.29, 0.717) is 44.6 Å². The van der Waals surface area contributed by atoms with E-state index in [1.54, 1.807) is 17.0 Å². The van der Waals surface area contributed by atoms with Crippen molar-refractivity contribution in [2.45, 2.75) is 63.2 Å². The molecule has 1 spiro atoms. The van der Waals surface area contributed by atoms with Crippen LogP contribution in [-0.2, 0) is 15.8 Å². The molecule has 9 heteroatoms. The zero-order valence-electron chi connectivity index (χ0n) is 18.3. The second kappa shape index (κ2) is 7.93. The van der Waals surface area contributed by atoms with Crippen molar-refractivity contribution in [2.24, 2.45) is 11.3 Å². The monoisotopic (exact) mass is 460 g/mol. The van der Waals surface area contributed by atoms with E-state index in [0.717, 1.165) is 31.7 Å². The van der Waals surface area contributed by atoms with Crippen LogP contribution < -0.4 is 10.2 Å². The number of carbonyl (C=O) groups excluding carboxylic acids is 2. The second-order valence-corrected chi connectivity index (χ2v) is 10.1. The van der Waals surface area contributed by atoms with Gasteiger partial charge in [-0.25, -0.2) is 0 Å². The molecule has 2 aliphatic carbocycles. The van der Waals surface area contributed by atoms with Gasteiger partial charge in [0.1, 0.15) is 6.04 Å². The first kappa shape index (κ1) is 22.1. The SMILES string of the molecule is N#Cc1ccc(N2CCC3(CC2)CC(C(=O)NC2CC2)N(C(=O)C2CC2)C3)cc1C(F)(F)F. The fraction of sp³-hybridized carbons (Fsp3) is 0.625. The van der Waals surface area contributed by atoms with Crippen LogP contribution in [0.2, 0.25) is 0 Å². The van der Waals surface area contributed by atoms with Crippen molar-refractivity contribution < 1.29 is 22.8 Å². The Hall–Kier alpha value is -2.76. The summed E-state index contributed by atoms with van der Waals surface area (Å²) in [5.41, 5.74) is -1.04. The molecule has 2 saturated carbocycles. The fourth-order valence-corrected chi connectivity index (χ4v) is 5.27. The first-order valence-electron chi connectivity index (χ1n) is 11.7. The van der Waals surface area contributed by atoms with Gasteiger partial charge in [0, 0.05) is 37.3 Å². The molecule has 176 valence electrons. The second-order valence-electron chi connectivity index (χ2n) is 10.1. The number of alkyl halides is 3. The van der Waals surface area contributed by atoms with Crippen molar-refractivity contribution in [3.8, 4) is 6.07 Å². The predicted molar refractivity (Wildman–Crippen MR) is 114 cm³/mol. The van der Waals surface area contributed by atoms with Crippen LogP contribution in [0, 0.1) is 22.7 Å². The summed E-state index contributed by atoms with van der Waals surface area (Å²) in [5, 5.41) is 12.1. The summed E-state index contributed by atoms with van der Waals surface area (Å²) in [5.74, 6) is 0.0516. The maximum absolute atomic E-state index is 13.4. The van der Waals surface area contributed by atoms with Crippen LogP contribution in [-0.4, -0.2) is 48.4 Å². The average molecular weight is 461 g/mol. The molecule has 0 bridgehead atoms. The van der Waals surface area contributed by atoms with Gasteiger partial charge in [0.25, 0.3) is 0 Å². The Kier molecular flexibility index (Phi) is 5.30. The maximum Gasteiger partial charge on any atom is 0.417 e. The third kappa shape index (κ3) is 4.40. The Morgan fingerprint density at radius 2 is 1.82 bits per heavy atom. The molecule has 33 heavy (non-hydrogen) atoms. The highest BCUT2D eigenvalue weighted by Crippen LogP contribution is 2.46. The molecule has 2 saturated heterocycles. The van der Waals surface area contributed by atoms with E-state index in [2.05, 4.69) is 5.32 Å². The van der Waals surface area contributed by atoms with Gasteiger partial charge in [0.2, 0.25) is 11.8 Å². The highest BCUT2D eigenvalue weighted by Gasteiger charge is 2.52. The van der Waals surface area contributed by atoms with Gasteiger partial charge in [-0.1, -0.05) is 0 Å². The van der Waals surface area contributed by atoms with Crippen molar-refractivity contribution in [1.82, 2.24) is 10.2 Å². The third-order valence-electron chi connectivity index (χ3n) is 7.56. The zero-order valence-corrected chi connectivity index (χ0v) is 18.3. The van der Waals surface area contributed by atoms with E-state index in [4.69, 9.17) is 5.26 Å². The van der Waals surface area contributed by atoms with Crippen molar-refractivity contribution in [1.29, 1.82) is 5.26 Å². The molecule has 6 nitrogen and oxygen atoms in total. The molecule has 2 aliphatic heterocycles. The molecule has 4 aliphatic rings. The molecule has 2 heterocycles. The molecule has 1 N–H and O–H groups in total. The fourth-order valence-electron chi connectivity index (χ4n) is 5.27. The zero-order chi connectivity index (χ0) is 23.4. The van der Waals surface area contributed by atoms with E-state index < -0.39 is 17.8 Å². The number of piperidine rings is 1. The Bertz CT molecular complexity index is 1000. The summed E-state index contributed by atoms with van der Waals surface area (Å²) < 4.78 is 40.1. The van der Waals surface area contributed by atoms with E-state index in [9.17, 15) is 22.8 Å². The number of nitriles is 1. The van der Waals surface area contributed by atoms with Crippen LogP contribution in [0.15, 0.2) is 18.2 Å². The lowest BCUT2D eigenvalue weighted by Gasteiger charge is -2.40. The molecule has 5 rings (SSSR count). The number of nitrogens with zero attached hydrogens (tertiary/aromatic N) is 3. The Morgan fingerprint density at radius 3 is 2.39 bits per heavy atom. The van der Waals surface area contributed by atoms with Crippen molar-refractivity contribution >= 4 is 17.5 Å². The van der Waals surface area contributed by atoms with Gasteiger partial charge >= 0.3 is 6.18 Å². The van der Waals surface area contributed by atoms with E-state index >= 15 is 0 Å². The van der Waals surface area contributed by atoms with Crippen LogP contribution >= 0.6 is 0 Å². The molecule has 1 aromatic carbocycles.